The Labute approximate surface area is 121 Å². The Hall–Kier alpha value is -2.01. The van der Waals surface area contributed by atoms with Crippen molar-refractivity contribution >= 4 is 29.3 Å². The molecule has 0 saturated carbocycles. The number of hydrogen-bond donors (Lipinski definition) is 1. The second-order valence-corrected chi connectivity index (χ2v) is 5.09. The first-order valence-electron chi connectivity index (χ1n) is 6.17. The molecular formula is C15H14O4S. The Morgan fingerprint density at radius 1 is 1.40 bits per heavy atom. The van der Waals surface area contributed by atoms with Crippen LogP contribution < -0.4 is 0 Å². The van der Waals surface area contributed by atoms with E-state index in [-0.39, 0.29) is 12.4 Å². The molecule has 1 N–H and O–H groups in total. The lowest BCUT2D eigenvalue weighted by molar-refractivity contribution is -0.151. The summed E-state index contributed by atoms with van der Waals surface area (Å²) in [5.74, 6) is -0.769. The van der Waals surface area contributed by atoms with Crippen LogP contribution in [-0.2, 0) is 20.1 Å². The highest BCUT2D eigenvalue weighted by Gasteiger charge is 2.18. The van der Waals surface area contributed by atoms with Gasteiger partial charge in [-0.15, -0.1) is 11.8 Å². The zero-order valence-corrected chi connectivity index (χ0v) is 11.8. The predicted molar refractivity (Wildman–Crippen MR) is 78.1 cm³/mol. The van der Waals surface area contributed by atoms with Crippen molar-refractivity contribution in [3.8, 4) is 0 Å². The Morgan fingerprint density at radius 2 is 2.15 bits per heavy atom. The summed E-state index contributed by atoms with van der Waals surface area (Å²) in [6, 6.07) is 7.53. The van der Waals surface area contributed by atoms with Gasteiger partial charge in [0.2, 0.25) is 0 Å². The predicted octanol–water partition coefficient (Wildman–Crippen LogP) is 2.85. The minimum Gasteiger partial charge on any atom is -0.506 e. The molecule has 4 nitrogen and oxygen atoms in total. The second-order valence-electron chi connectivity index (χ2n) is 4.08. The van der Waals surface area contributed by atoms with E-state index in [0.717, 1.165) is 17.2 Å². The van der Waals surface area contributed by atoms with Gasteiger partial charge in [-0.2, -0.15) is 0 Å². The highest BCUT2D eigenvalue weighted by atomic mass is 32.2. The van der Waals surface area contributed by atoms with Crippen molar-refractivity contribution in [1.82, 2.24) is 0 Å². The zero-order valence-electron chi connectivity index (χ0n) is 11.0. The van der Waals surface area contributed by atoms with E-state index in [1.54, 1.807) is 6.92 Å². The van der Waals surface area contributed by atoms with E-state index in [9.17, 15) is 14.7 Å². The fourth-order valence-corrected chi connectivity index (χ4v) is 2.76. The SMILES string of the molecule is CCOC(=O)C(=O)C=CC1=C(O)c2ccccc2CS1. The molecule has 5 heteroatoms. The first kappa shape index (κ1) is 14.4. The third-order valence-corrected chi connectivity index (χ3v) is 3.85. The van der Waals surface area contributed by atoms with Crippen LogP contribution in [0.15, 0.2) is 41.3 Å². The second kappa shape index (κ2) is 6.43. The highest BCUT2D eigenvalue weighted by molar-refractivity contribution is 8.02. The van der Waals surface area contributed by atoms with Gasteiger partial charge in [-0.25, -0.2) is 4.79 Å². The van der Waals surface area contributed by atoms with Gasteiger partial charge in [0.15, 0.2) is 0 Å². The van der Waals surface area contributed by atoms with E-state index in [4.69, 9.17) is 0 Å². The van der Waals surface area contributed by atoms with Gasteiger partial charge in [-0.05, 0) is 24.6 Å². The normalized spacial score (nSPS) is 14.2. The Kier molecular flexibility index (Phi) is 4.63. The minimum atomic E-state index is -0.884. The van der Waals surface area contributed by atoms with Crippen LogP contribution in [0.3, 0.4) is 0 Å². The maximum Gasteiger partial charge on any atom is 0.379 e. The van der Waals surface area contributed by atoms with Crippen molar-refractivity contribution in [2.45, 2.75) is 12.7 Å². The average molecular weight is 290 g/mol. The van der Waals surface area contributed by atoms with Gasteiger partial charge < -0.3 is 9.84 Å². The topological polar surface area (TPSA) is 63.6 Å². The molecule has 0 amide bonds. The number of esters is 1. The summed E-state index contributed by atoms with van der Waals surface area (Å²) in [5.41, 5.74) is 1.80. The number of allylic oxidation sites excluding steroid dienone is 1. The number of benzene rings is 1. The fourth-order valence-electron chi connectivity index (χ4n) is 1.78. The summed E-state index contributed by atoms with van der Waals surface area (Å²) in [5, 5.41) is 10.2. The number of ketones is 1. The van der Waals surface area contributed by atoms with Crippen molar-refractivity contribution in [2.24, 2.45) is 0 Å². The molecule has 2 rings (SSSR count). The van der Waals surface area contributed by atoms with Crippen LogP contribution in [-0.4, -0.2) is 23.5 Å². The van der Waals surface area contributed by atoms with E-state index in [1.807, 2.05) is 24.3 Å². The van der Waals surface area contributed by atoms with Crippen LogP contribution in [0.2, 0.25) is 0 Å². The molecule has 0 radical (unpaired) electrons. The molecule has 1 aromatic carbocycles. The molecule has 0 aromatic heterocycles. The number of rotatable bonds is 4. The summed E-state index contributed by atoms with van der Waals surface area (Å²) in [6.07, 6.45) is 2.58. The van der Waals surface area contributed by atoms with Crippen molar-refractivity contribution in [2.75, 3.05) is 6.61 Å². The van der Waals surface area contributed by atoms with Crippen molar-refractivity contribution in [3.63, 3.8) is 0 Å². The molecule has 1 aliphatic rings. The number of carbonyl (C=O) groups is 2. The lowest BCUT2D eigenvalue weighted by Gasteiger charge is -2.16. The quantitative estimate of drug-likeness (QED) is 0.525. The average Bonchev–Trinajstić information content (AvgIpc) is 2.47. The van der Waals surface area contributed by atoms with Crippen LogP contribution in [0.25, 0.3) is 5.76 Å². The number of hydrogen-bond acceptors (Lipinski definition) is 5. The van der Waals surface area contributed by atoms with Crippen LogP contribution >= 0.6 is 11.8 Å². The van der Waals surface area contributed by atoms with Crippen LogP contribution in [0, 0.1) is 0 Å². The van der Waals surface area contributed by atoms with Gasteiger partial charge in [-0.1, -0.05) is 24.3 Å². The number of thioether (sulfide) groups is 1. The molecule has 0 unspecified atom stereocenters. The van der Waals surface area contributed by atoms with E-state index in [1.165, 1.54) is 17.8 Å². The Bertz CT molecular complexity index is 602. The smallest absolute Gasteiger partial charge is 0.379 e. The summed E-state index contributed by atoms with van der Waals surface area (Å²) in [7, 11) is 0. The Morgan fingerprint density at radius 3 is 2.90 bits per heavy atom. The molecule has 1 aliphatic heterocycles. The molecular weight excluding hydrogens is 276 g/mol. The van der Waals surface area contributed by atoms with E-state index >= 15 is 0 Å². The summed E-state index contributed by atoms with van der Waals surface area (Å²) >= 11 is 1.42. The molecule has 0 bridgehead atoms. The van der Waals surface area contributed by atoms with E-state index < -0.39 is 11.8 Å². The lowest BCUT2D eigenvalue weighted by atomic mass is 10.1. The number of aliphatic hydroxyl groups is 1. The van der Waals surface area contributed by atoms with Gasteiger partial charge in [0.1, 0.15) is 5.76 Å². The first-order valence-corrected chi connectivity index (χ1v) is 7.15. The third kappa shape index (κ3) is 3.11. The Balaban J connectivity index is 2.18. The first-order chi connectivity index (χ1) is 9.63. The summed E-state index contributed by atoms with van der Waals surface area (Å²) in [4.78, 5) is 23.2. The van der Waals surface area contributed by atoms with Gasteiger partial charge in [0.25, 0.3) is 5.78 Å². The maximum atomic E-state index is 11.5. The highest BCUT2D eigenvalue weighted by Crippen LogP contribution is 2.36. The number of aliphatic hydroxyl groups excluding tert-OH is 1. The number of fused-ring (bicyclic) bond motifs is 1. The lowest BCUT2D eigenvalue weighted by Crippen LogP contribution is -2.14. The standard InChI is InChI=1S/C15H14O4S/c1-2-19-15(18)12(16)7-8-13-14(17)11-6-4-3-5-10(11)9-20-13/h3-8,17H,2,9H2,1H3. The molecule has 0 atom stereocenters. The van der Waals surface area contributed by atoms with E-state index in [0.29, 0.717) is 10.7 Å². The fraction of sp³-hybridized carbons (Fsp3) is 0.200. The van der Waals surface area contributed by atoms with Gasteiger partial charge in [-0.3, -0.25) is 4.79 Å². The van der Waals surface area contributed by atoms with Gasteiger partial charge in [0.05, 0.1) is 11.5 Å². The molecule has 1 aromatic rings. The molecule has 1 heterocycles. The summed E-state index contributed by atoms with van der Waals surface area (Å²) < 4.78 is 4.60. The van der Waals surface area contributed by atoms with E-state index in [2.05, 4.69) is 4.74 Å². The van der Waals surface area contributed by atoms with Crippen LogP contribution in [0.5, 0.6) is 0 Å². The van der Waals surface area contributed by atoms with Crippen LogP contribution in [0.4, 0.5) is 0 Å². The largest absolute Gasteiger partial charge is 0.506 e. The number of carbonyl (C=O) groups excluding carboxylic acids is 2. The molecule has 0 aliphatic carbocycles. The van der Waals surface area contributed by atoms with Crippen LogP contribution in [0.1, 0.15) is 18.1 Å². The maximum absolute atomic E-state index is 11.5. The molecule has 20 heavy (non-hydrogen) atoms. The zero-order chi connectivity index (χ0) is 14.5. The molecule has 0 saturated heterocycles. The van der Waals surface area contributed by atoms with Gasteiger partial charge >= 0.3 is 5.97 Å². The van der Waals surface area contributed by atoms with Gasteiger partial charge in [0, 0.05) is 11.3 Å². The summed E-state index contributed by atoms with van der Waals surface area (Å²) in [6.45, 7) is 1.80. The minimum absolute atomic E-state index is 0.129. The van der Waals surface area contributed by atoms with Crippen molar-refractivity contribution in [3.05, 3.63) is 52.4 Å². The molecule has 0 fully saturated rings. The number of ether oxygens (including phenoxy) is 1. The van der Waals surface area contributed by atoms with Crippen molar-refractivity contribution < 1.29 is 19.4 Å². The monoisotopic (exact) mass is 290 g/mol. The van der Waals surface area contributed by atoms with Crippen molar-refractivity contribution in [1.29, 1.82) is 0 Å². The molecule has 104 valence electrons. The molecule has 0 spiro atoms. The third-order valence-electron chi connectivity index (χ3n) is 2.75.